The molecule has 6 nitrogen and oxygen atoms in total. The molecule has 84 valence electrons. The number of nitrogens with zero attached hydrogens (tertiary/aromatic N) is 1. The Kier molecular flexibility index (Phi) is 3.28. The summed E-state index contributed by atoms with van der Waals surface area (Å²) in [7, 11) is 0. The van der Waals surface area contributed by atoms with Crippen molar-refractivity contribution >= 4 is 17.8 Å². The fraction of sp³-hybridized carbons (Fsp3) is 0.667. The Morgan fingerprint density at radius 3 is 2.47 bits per heavy atom. The summed E-state index contributed by atoms with van der Waals surface area (Å²) in [4.78, 5) is 34.0. The first-order valence-electron chi connectivity index (χ1n) is 4.72. The molecule has 1 rings (SSSR count). The molecule has 1 unspecified atom stereocenters. The van der Waals surface area contributed by atoms with Crippen LogP contribution in [-0.4, -0.2) is 45.5 Å². The molecule has 0 bridgehead atoms. The number of aliphatic carboxylic acids is 2. The van der Waals surface area contributed by atoms with Gasteiger partial charge in [-0.15, -0.1) is 0 Å². The Morgan fingerprint density at radius 2 is 2.13 bits per heavy atom. The molecule has 1 amide bonds. The van der Waals surface area contributed by atoms with Crippen LogP contribution in [-0.2, 0) is 14.4 Å². The average molecular weight is 215 g/mol. The molecule has 0 radical (unpaired) electrons. The summed E-state index contributed by atoms with van der Waals surface area (Å²) < 4.78 is 0. The standard InChI is InChI=1S/C9H13NO5/c1-2-6(9(14)15)10-4-5(8(12)13)3-7(10)11/h5-6H,2-4H2,1H3,(H,12,13)(H,14,15)/t5?,6-/m0/s1. The minimum Gasteiger partial charge on any atom is -0.481 e. The number of hydrogen-bond donors (Lipinski definition) is 2. The summed E-state index contributed by atoms with van der Waals surface area (Å²) in [5.74, 6) is -3.30. The first kappa shape index (κ1) is 11.5. The van der Waals surface area contributed by atoms with Crippen molar-refractivity contribution in [3.63, 3.8) is 0 Å². The molecule has 15 heavy (non-hydrogen) atoms. The highest BCUT2D eigenvalue weighted by molar-refractivity contribution is 5.89. The van der Waals surface area contributed by atoms with Crippen molar-refractivity contribution in [3.8, 4) is 0 Å². The average Bonchev–Trinajstić information content (AvgIpc) is 2.49. The monoisotopic (exact) mass is 215 g/mol. The van der Waals surface area contributed by atoms with Crippen molar-refractivity contribution in [2.75, 3.05) is 6.54 Å². The molecule has 1 aliphatic rings. The van der Waals surface area contributed by atoms with E-state index >= 15 is 0 Å². The smallest absolute Gasteiger partial charge is 0.326 e. The maximum Gasteiger partial charge on any atom is 0.326 e. The Bertz CT molecular complexity index is 301. The molecule has 0 aromatic rings. The van der Waals surface area contributed by atoms with Gasteiger partial charge in [0, 0.05) is 13.0 Å². The number of carbonyl (C=O) groups excluding carboxylic acids is 1. The summed E-state index contributed by atoms with van der Waals surface area (Å²) in [5.41, 5.74) is 0. The second-order valence-electron chi connectivity index (χ2n) is 3.55. The maximum absolute atomic E-state index is 11.4. The van der Waals surface area contributed by atoms with Gasteiger partial charge < -0.3 is 15.1 Å². The van der Waals surface area contributed by atoms with E-state index in [1.807, 2.05) is 0 Å². The molecule has 0 aromatic heterocycles. The Balaban J connectivity index is 2.75. The van der Waals surface area contributed by atoms with Crippen LogP contribution in [0.25, 0.3) is 0 Å². The molecular weight excluding hydrogens is 202 g/mol. The lowest BCUT2D eigenvalue weighted by molar-refractivity contribution is -0.148. The second kappa shape index (κ2) is 4.29. The predicted molar refractivity (Wildman–Crippen MR) is 49.2 cm³/mol. The second-order valence-corrected chi connectivity index (χ2v) is 3.55. The van der Waals surface area contributed by atoms with Gasteiger partial charge in [-0.25, -0.2) is 4.79 Å². The lowest BCUT2D eigenvalue weighted by Crippen LogP contribution is -2.42. The van der Waals surface area contributed by atoms with E-state index < -0.39 is 29.8 Å². The van der Waals surface area contributed by atoms with Gasteiger partial charge in [0.05, 0.1) is 5.92 Å². The minimum absolute atomic E-state index is 0.00102. The number of carboxylic acid groups (broad SMARTS) is 2. The van der Waals surface area contributed by atoms with E-state index in [4.69, 9.17) is 10.2 Å². The fourth-order valence-corrected chi connectivity index (χ4v) is 1.73. The molecule has 1 aliphatic heterocycles. The van der Waals surface area contributed by atoms with Crippen LogP contribution in [0.3, 0.4) is 0 Å². The summed E-state index contributed by atoms with van der Waals surface area (Å²) in [6.07, 6.45) is 0.187. The largest absolute Gasteiger partial charge is 0.481 e. The zero-order valence-electron chi connectivity index (χ0n) is 8.34. The fourth-order valence-electron chi connectivity index (χ4n) is 1.73. The number of likely N-dealkylation sites (tertiary alicyclic amines) is 1. The van der Waals surface area contributed by atoms with Crippen LogP contribution in [0.2, 0.25) is 0 Å². The SMILES string of the molecule is CC[C@@H](C(=O)O)N1CC(C(=O)O)CC1=O. The molecule has 0 saturated carbocycles. The van der Waals surface area contributed by atoms with E-state index in [1.54, 1.807) is 6.92 Å². The third kappa shape index (κ3) is 2.26. The lowest BCUT2D eigenvalue weighted by atomic mass is 10.1. The molecule has 0 aliphatic carbocycles. The van der Waals surface area contributed by atoms with Crippen LogP contribution < -0.4 is 0 Å². The van der Waals surface area contributed by atoms with Crippen molar-refractivity contribution in [1.29, 1.82) is 0 Å². The maximum atomic E-state index is 11.4. The van der Waals surface area contributed by atoms with Crippen molar-refractivity contribution in [2.45, 2.75) is 25.8 Å². The minimum atomic E-state index is -1.09. The topological polar surface area (TPSA) is 94.9 Å². The van der Waals surface area contributed by atoms with Gasteiger partial charge in [-0.3, -0.25) is 9.59 Å². The Hall–Kier alpha value is -1.59. The highest BCUT2D eigenvalue weighted by Gasteiger charge is 2.39. The van der Waals surface area contributed by atoms with Crippen molar-refractivity contribution < 1.29 is 24.6 Å². The van der Waals surface area contributed by atoms with Gasteiger partial charge in [-0.05, 0) is 6.42 Å². The zero-order valence-corrected chi connectivity index (χ0v) is 8.34. The van der Waals surface area contributed by atoms with Gasteiger partial charge in [-0.2, -0.15) is 0 Å². The van der Waals surface area contributed by atoms with Gasteiger partial charge >= 0.3 is 11.9 Å². The molecular formula is C9H13NO5. The quantitative estimate of drug-likeness (QED) is 0.676. The lowest BCUT2D eigenvalue weighted by Gasteiger charge is -2.22. The zero-order chi connectivity index (χ0) is 11.6. The van der Waals surface area contributed by atoms with Crippen molar-refractivity contribution in [2.24, 2.45) is 5.92 Å². The molecule has 0 spiro atoms. The summed E-state index contributed by atoms with van der Waals surface area (Å²) in [6, 6.07) is -0.901. The summed E-state index contributed by atoms with van der Waals surface area (Å²) in [6.45, 7) is 1.65. The number of rotatable bonds is 4. The van der Waals surface area contributed by atoms with Crippen LogP contribution in [0.15, 0.2) is 0 Å². The summed E-state index contributed by atoms with van der Waals surface area (Å²) >= 11 is 0. The summed E-state index contributed by atoms with van der Waals surface area (Å²) in [5, 5.41) is 17.6. The molecule has 1 fully saturated rings. The van der Waals surface area contributed by atoms with Gasteiger partial charge in [0.1, 0.15) is 6.04 Å². The molecule has 6 heteroatoms. The number of carboxylic acids is 2. The third-order valence-electron chi connectivity index (χ3n) is 2.56. The van der Waals surface area contributed by atoms with Crippen LogP contribution in [0, 0.1) is 5.92 Å². The van der Waals surface area contributed by atoms with Crippen molar-refractivity contribution in [1.82, 2.24) is 4.90 Å². The van der Waals surface area contributed by atoms with Gasteiger partial charge in [0.25, 0.3) is 0 Å². The van der Waals surface area contributed by atoms with E-state index in [2.05, 4.69) is 0 Å². The number of hydrogen-bond acceptors (Lipinski definition) is 3. The van der Waals surface area contributed by atoms with Crippen LogP contribution in [0.5, 0.6) is 0 Å². The van der Waals surface area contributed by atoms with Gasteiger partial charge in [0.2, 0.25) is 5.91 Å². The molecule has 1 heterocycles. The Labute approximate surface area is 86.5 Å². The number of amides is 1. The van der Waals surface area contributed by atoms with Gasteiger partial charge in [-0.1, -0.05) is 6.92 Å². The van der Waals surface area contributed by atoms with Crippen LogP contribution in [0.4, 0.5) is 0 Å². The van der Waals surface area contributed by atoms with Crippen LogP contribution in [0.1, 0.15) is 19.8 Å². The molecule has 0 aromatic carbocycles. The first-order valence-corrected chi connectivity index (χ1v) is 4.72. The third-order valence-corrected chi connectivity index (χ3v) is 2.56. The normalized spacial score (nSPS) is 22.9. The predicted octanol–water partition coefficient (Wildman–Crippen LogP) is -0.217. The van der Waals surface area contributed by atoms with E-state index in [9.17, 15) is 14.4 Å². The molecule has 1 saturated heterocycles. The van der Waals surface area contributed by atoms with E-state index in [0.29, 0.717) is 0 Å². The highest BCUT2D eigenvalue weighted by Crippen LogP contribution is 2.21. The highest BCUT2D eigenvalue weighted by atomic mass is 16.4. The first-order chi connectivity index (χ1) is 6.97. The van der Waals surface area contributed by atoms with E-state index in [0.717, 1.165) is 4.90 Å². The Morgan fingerprint density at radius 1 is 1.53 bits per heavy atom. The van der Waals surface area contributed by atoms with Crippen molar-refractivity contribution in [3.05, 3.63) is 0 Å². The molecule has 2 N–H and O–H groups in total. The number of carbonyl (C=O) groups is 3. The van der Waals surface area contributed by atoms with Gasteiger partial charge in [0.15, 0.2) is 0 Å². The van der Waals surface area contributed by atoms with E-state index in [-0.39, 0.29) is 19.4 Å². The molecule has 2 atom stereocenters. The van der Waals surface area contributed by atoms with E-state index in [1.165, 1.54) is 0 Å². The van der Waals surface area contributed by atoms with Crippen LogP contribution >= 0.6 is 0 Å².